The van der Waals surface area contributed by atoms with Crippen LogP contribution in [-0.2, 0) is 16.0 Å². The Morgan fingerprint density at radius 1 is 1.22 bits per heavy atom. The molecule has 0 spiro atoms. The van der Waals surface area contributed by atoms with Crippen LogP contribution in [0.3, 0.4) is 0 Å². The van der Waals surface area contributed by atoms with E-state index in [0.29, 0.717) is 19.6 Å². The molecule has 0 fully saturated rings. The minimum atomic E-state index is -0.0100. The highest BCUT2D eigenvalue weighted by atomic mass is 16.5. The Balaban J connectivity index is 1.76. The number of carbonyl (C=O) groups is 1. The van der Waals surface area contributed by atoms with Crippen LogP contribution in [0.25, 0.3) is 22.4 Å². The van der Waals surface area contributed by atoms with E-state index >= 15 is 0 Å². The van der Waals surface area contributed by atoms with Crippen molar-refractivity contribution in [3.05, 3.63) is 54.1 Å². The summed E-state index contributed by atoms with van der Waals surface area (Å²) < 4.78 is 4.92. The Bertz CT molecular complexity index is 796. The van der Waals surface area contributed by atoms with Crippen molar-refractivity contribution in [1.82, 2.24) is 15.3 Å². The van der Waals surface area contributed by atoms with Gasteiger partial charge in [-0.1, -0.05) is 36.4 Å². The highest BCUT2D eigenvalue weighted by molar-refractivity contribution is 5.83. The summed E-state index contributed by atoms with van der Waals surface area (Å²) in [6, 6.07) is 15.8. The molecule has 1 amide bonds. The number of aromatic amines is 1. The highest BCUT2D eigenvalue weighted by Gasteiger charge is 2.08. The summed E-state index contributed by atoms with van der Waals surface area (Å²) in [5.41, 5.74) is 3.83. The third-order valence-corrected chi connectivity index (χ3v) is 3.59. The van der Waals surface area contributed by atoms with E-state index in [4.69, 9.17) is 4.74 Å². The zero-order valence-corrected chi connectivity index (χ0v) is 13.0. The molecule has 2 N–H and O–H groups in total. The molecule has 0 saturated heterocycles. The number of H-pyrrole nitrogens is 1. The Kier molecular flexibility index (Phi) is 4.68. The van der Waals surface area contributed by atoms with E-state index in [9.17, 15) is 4.79 Å². The van der Waals surface area contributed by atoms with E-state index < -0.39 is 0 Å². The van der Waals surface area contributed by atoms with Crippen LogP contribution in [0, 0.1) is 0 Å². The van der Waals surface area contributed by atoms with Crippen LogP contribution >= 0.6 is 0 Å². The van der Waals surface area contributed by atoms with Crippen LogP contribution in [0.15, 0.2) is 48.5 Å². The Morgan fingerprint density at radius 2 is 2.04 bits per heavy atom. The van der Waals surface area contributed by atoms with Crippen LogP contribution in [0.5, 0.6) is 0 Å². The molecule has 0 aliphatic carbocycles. The largest absolute Gasteiger partial charge is 0.383 e. The second kappa shape index (κ2) is 7.07. The molecule has 0 aliphatic heterocycles. The molecule has 118 valence electrons. The molecule has 3 rings (SSSR count). The molecule has 5 heteroatoms. The van der Waals surface area contributed by atoms with Gasteiger partial charge in [0.2, 0.25) is 5.91 Å². The van der Waals surface area contributed by atoms with E-state index in [-0.39, 0.29) is 5.91 Å². The standard InChI is InChI=1S/C18H19N3O2/c1-23-10-9-19-17(22)12-13-7-8-15-16(11-13)21-18(20-15)14-5-3-2-4-6-14/h2-8,11H,9-10,12H2,1H3,(H,19,22)(H,20,21). The molecule has 0 bridgehead atoms. The quantitative estimate of drug-likeness (QED) is 0.688. The normalized spacial score (nSPS) is 10.8. The number of methoxy groups -OCH3 is 1. The maximum atomic E-state index is 11.9. The van der Waals surface area contributed by atoms with Crippen LogP contribution < -0.4 is 5.32 Å². The number of nitrogens with one attached hydrogen (secondary N) is 2. The summed E-state index contributed by atoms with van der Waals surface area (Å²) in [6.07, 6.45) is 0.347. The second-order valence-electron chi connectivity index (χ2n) is 5.32. The van der Waals surface area contributed by atoms with E-state index in [0.717, 1.165) is 28.0 Å². The van der Waals surface area contributed by atoms with Crippen LogP contribution in [-0.4, -0.2) is 36.1 Å². The summed E-state index contributed by atoms with van der Waals surface area (Å²) in [5.74, 6) is 0.825. The van der Waals surface area contributed by atoms with E-state index in [1.54, 1.807) is 7.11 Å². The van der Waals surface area contributed by atoms with Gasteiger partial charge in [-0.3, -0.25) is 4.79 Å². The summed E-state index contributed by atoms with van der Waals surface area (Å²) in [7, 11) is 1.61. The van der Waals surface area contributed by atoms with Gasteiger partial charge in [0, 0.05) is 19.2 Å². The lowest BCUT2D eigenvalue weighted by Gasteiger charge is -2.04. The smallest absolute Gasteiger partial charge is 0.224 e. The molecular formula is C18H19N3O2. The van der Waals surface area contributed by atoms with Crippen LogP contribution in [0.1, 0.15) is 5.56 Å². The summed E-state index contributed by atoms with van der Waals surface area (Å²) >= 11 is 0. The number of hydrogen-bond donors (Lipinski definition) is 2. The first-order valence-corrected chi connectivity index (χ1v) is 7.56. The van der Waals surface area contributed by atoms with Gasteiger partial charge in [0.1, 0.15) is 5.82 Å². The van der Waals surface area contributed by atoms with Crippen molar-refractivity contribution in [3.8, 4) is 11.4 Å². The zero-order chi connectivity index (χ0) is 16.1. The van der Waals surface area contributed by atoms with Gasteiger partial charge < -0.3 is 15.0 Å². The summed E-state index contributed by atoms with van der Waals surface area (Å²) in [4.78, 5) is 19.8. The number of aromatic nitrogens is 2. The van der Waals surface area contributed by atoms with Crippen LogP contribution in [0.4, 0.5) is 0 Å². The van der Waals surface area contributed by atoms with Crippen molar-refractivity contribution in [3.63, 3.8) is 0 Å². The fourth-order valence-corrected chi connectivity index (χ4v) is 2.44. The Morgan fingerprint density at radius 3 is 2.83 bits per heavy atom. The SMILES string of the molecule is COCCNC(=O)Cc1ccc2nc(-c3ccccc3)[nH]c2c1. The van der Waals surface area contributed by atoms with E-state index in [2.05, 4.69) is 15.3 Å². The first kappa shape index (κ1) is 15.2. The second-order valence-corrected chi connectivity index (χ2v) is 5.32. The molecule has 3 aromatic rings. The van der Waals surface area contributed by atoms with Gasteiger partial charge in [-0.25, -0.2) is 4.98 Å². The summed E-state index contributed by atoms with van der Waals surface area (Å²) in [5, 5.41) is 2.82. The number of fused-ring (bicyclic) bond motifs is 1. The number of rotatable bonds is 6. The van der Waals surface area contributed by atoms with Crippen molar-refractivity contribution in [2.75, 3.05) is 20.3 Å². The van der Waals surface area contributed by atoms with Gasteiger partial charge >= 0.3 is 0 Å². The molecule has 1 aromatic heterocycles. The van der Waals surface area contributed by atoms with Gasteiger partial charge in [0.05, 0.1) is 24.1 Å². The van der Waals surface area contributed by atoms with Gasteiger partial charge in [-0.15, -0.1) is 0 Å². The monoisotopic (exact) mass is 309 g/mol. The van der Waals surface area contributed by atoms with Crippen molar-refractivity contribution >= 4 is 16.9 Å². The van der Waals surface area contributed by atoms with Crippen molar-refractivity contribution < 1.29 is 9.53 Å². The topological polar surface area (TPSA) is 67.0 Å². The number of nitrogens with zero attached hydrogens (tertiary/aromatic N) is 1. The average molecular weight is 309 g/mol. The molecule has 0 radical (unpaired) electrons. The molecule has 1 heterocycles. The van der Waals surface area contributed by atoms with E-state index in [1.807, 2.05) is 48.5 Å². The Hall–Kier alpha value is -2.66. The molecule has 0 saturated carbocycles. The first-order chi connectivity index (χ1) is 11.3. The van der Waals surface area contributed by atoms with E-state index in [1.165, 1.54) is 0 Å². The lowest BCUT2D eigenvalue weighted by molar-refractivity contribution is -0.120. The van der Waals surface area contributed by atoms with Gasteiger partial charge in [-0.05, 0) is 17.7 Å². The molecule has 0 aliphatic rings. The van der Waals surface area contributed by atoms with Crippen molar-refractivity contribution in [2.45, 2.75) is 6.42 Å². The first-order valence-electron chi connectivity index (χ1n) is 7.56. The van der Waals surface area contributed by atoms with Crippen molar-refractivity contribution in [2.24, 2.45) is 0 Å². The highest BCUT2D eigenvalue weighted by Crippen LogP contribution is 2.21. The zero-order valence-electron chi connectivity index (χ0n) is 13.0. The lowest BCUT2D eigenvalue weighted by atomic mass is 10.1. The number of benzene rings is 2. The predicted molar refractivity (Wildman–Crippen MR) is 90.1 cm³/mol. The average Bonchev–Trinajstić information content (AvgIpc) is 2.99. The molecule has 0 atom stereocenters. The Labute approximate surface area is 134 Å². The van der Waals surface area contributed by atoms with Crippen molar-refractivity contribution in [1.29, 1.82) is 0 Å². The maximum absolute atomic E-state index is 11.9. The fraction of sp³-hybridized carbons (Fsp3) is 0.222. The third kappa shape index (κ3) is 3.76. The predicted octanol–water partition coefficient (Wildman–Crippen LogP) is 2.54. The number of amides is 1. The number of carbonyl (C=O) groups excluding carboxylic acids is 1. The maximum Gasteiger partial charge on any atom is 0.224 e. The molecular weight excluding hydrogens is 290 g/mol. The summed E-state index contributed by atoms with van der Waals surface area (Å²) in [6.45, 7) is 1.05. The number of ether oxygens (including phenoxy) is 1. The minimum absolute atomic E-state index is 0.0100. The molecule has 5 nitrogen and oxygen atoms in total. The third-order valence-electron chi connectivity index (χ3n) is 3.59. The minimum Gasteiger partial charge on any atom is -0.383 e. The molecule has 23 heavy (non-hydrogen) atoms. The number of hydrogen-bond acceptors (Lipinski definition) is 3. The van der Waals surface area contributed by atoms with Gasteiger partial charge in [0.15, 0.2) is 0 Å². The molecule has 2 aromatic carbocycles. The van der Waals surface area contributed by atoms with Gasteiger partial charge in [0.25, 0.3) is 0 Å². The van der Waals surface area contributed by atoms with Crippen LogP contribution in [0.2, 0.25) is 0 Å². The number of imidazole rings is 1. The molecule has 0 unspecified atom stereocenters. The van der Waals surface area contributed by atoms with Gasteiger partial charge in [-0.2, -0.15) is 0 Å². The fourth-order valence-electron chi connectivity index (χ4n) is 2.44. The lowest BCUT2D eigenvalue weighted by Crippen LogP contribution is -2.28.